The smallest absolute Gasteiger partial charge is 0.181 e. The summed E-state index contributed by atoms with van der Waals surface area (Å²) in [4.78, 5) is 4.38. The van der Waals surface area contributed by atoms with Crippen LogP contribution in [0.15, 0.2) is 78.4 Å². The first kappa shape index (κ1) is 25.8. The van der Waals surface area contributed by atoms with Gasteiger partial charge < -0.3 is 10.5 Å². The van der Waals surface area contributed by atoms with E-state index in [9.17, 15) is 4.39 Å². The van der Waals surface area contributed by atoms with Gasteiger partial charge in [0.2, 0.25) is 0 Å². The standard InChI is InChI=1S/C18H22FN5.C8H12O/c1-4-5-14(19)8-6-11(2)17-15-10-13(7-9-16(15)22-23-17)18-20-12(3)21-24-18;1-4-8(9)6-5-7(2)3/h5-11,17,22-23H,4H2,1-3H3,(H,20,21,24);4-6,9H,2H2,1,3H3/b8-6-,14-5+;6-5-,8-4+. The molecular weight excluding hydrogens is 417 g/mol. The minimum Gasteiger partial charge on any atom is -0.508 e. The Labute approximate surface area is 195 Å². The first-order chi connectivity index (χ1) is 15.7. The molecule has 0 aliphatic carbocycles. The van der Waals surface area contributed by atoms with E-state index in [1.165, 1.54) is 6.08 Å². The summed E-state index contributed by atoms with van der Waals surface area (Å²) in [5.74, 6) is 1.67. The molecule has 1 aliphatic rings. The van der Waals surface area contributed by atoms with E-state index < -0.39 is 0 Å². The lowest BCUT2D eigenvalue weighted by molar-refractivity contribution is 0.431. The zero-order chi connectivity index (χ0) is 24.4. The molecule has 7 heteroatoms. The monoisotopic (exact) mass is 451 g/mol. The Hall–Kier alpha value is -3.45. The molecule has 0 bridgehead atoms. The molecule has 2 heterocycles. The van der Waals surface area contributed by atoms with Gasteiger partial charge in [-0.2, -0.15) is 5.10 Å². The Morgan fingerprint density at radius 1 is 1.30 bits per heavy atom. The van der Waals surface area contributed by atoms with Gasteiger partial charge in [0, 0.05) is 5.56 Å². The van der Waals surface area contributed by atoms with E-state index in [1.54, 1.807) is 31.2 Å². The molecule has 0 saturated carbocycles. The topological polar surface area (TPSA) is 85.9 Å². The minimum atomic E-state index is -0.194. The van der Waals surface area contributed by atoms with Crippen molar-refractivity contribution in [2.45, 2.75) is 47.1 Å². The zero-order valence-electron chi connectivity index (χ0n) is 20.0. The second-order valence-corrected chi connectivity index (χ2v) is 7.90. The van der Waals surface area contributed by atoms with E-state index in [1.807, 2.05) is 39.0 Å². The fourth-order valence-corrected chi connectivity index (χ4v) is 3.13. The molecule has 4 N–H and O–H groups in total. The molecule has 1 aliphatic heterocycles. The van der Waals surface area contributed by atoms with Crippen molar-refractivity contribution >= 4 is 5.69 Å². The molecule has 1 aromatic carbocycles. The van der Waals surface area contributed by atoms with Crippen LogP contribution < -0.4 is 10.9 Å². The van der Waals surface area contributed by atoms with Crippen molar-refractivity contribution < 1.29 is 9.50 Å². The number of allylic oxidation sites excluding steroid dienone is 7. The number of aromatic amines is 1. The number of fused-ring (bicyclic) bond motifs is 1. The number of anilines is 1. The number of benzene rings is 1. The highest BCUT2D eigenvalue weighted by molar-refractivity contribution is 5.66. The van der Waals surface area contributed by atoms with Crippen LogP contribution >= 0.6 is 0 Å². The van der Waals surface area contributed by atoms with E-state index >= 15 is 0 Å². The number of nitrogens with one attached hydrogen (secondary N) is 3. The van der Waals surface area contributed by atoms with Gasteiger partial charge in [0.05, 0.1) is 11.7 Å². The first-order valence-electron chi connectivity index (χ1n) is 11.0. The summed E-state index contributed by atoms with van der Waals surface area (Å²) in [6.07, 6.45) is 10.7. The molecular formula is C26H34FN5O. The molecule has 6 nitrogen and oxygen atoms in total. The van der Waals surface area contributed by atoms with E-state index in [2.05, 4.69) is 45.6 Å². The average molecular weight is 452 g/mol. The van der Waals surface area contributed by atoms with Gasteiger partial charge in [0.15, 0.2) is 5.82 Å². The molecule has 0 spiro atoms. The van der Waals surface area contributed by atoms with Gasteiger partial charge in [-0.15, -0.1) is 0 Å². The first-order valence-corrected chi connectivity index (χ1v) is 11.0. The van der Waals surface area contributed by atoms with Crippen molar-refractivity contribution in [3.05, 3.63) is 89.8 Å². The zero-order valence-corrected chi connectivity index (χ0v) is 20.0. The summed E-state index contributed by atoms with van der Waals surface area (Å²) in [5.41, 5.74) is 10.5. The van der Waals surface area contributed by atoms with Crippen LogP contribution in [-0.2, 0) is 0 Å². The predicted molar refractivity (Wildman–Crippen MR) is 134 cm³/mol. The normalized spacial score (nSPS) is 17.0. The average Bonchev–Trinajstić information content (AvgIpc) is 3.42. The van der Waals surface area contributed by atoms with Gasteiger partial charge in [-0.25, -0.2) is 14.8 Å². The third kappa shape index (κ3) is 7.88. The van der Waals surface area contributed by atoms with Crippen LogP contribution in [0.25, 0.3) is 11.4 Å². The maximum atomic E-state index is 13.6. The molecule has 176 valence electrons. The molecule has 0 saturated heterocycles. The lowest BCUT2D eigenvalue weighted by Crippen LogP contribution is -2.23. The summed E-state index contributed by atoms with van der Waals surface area (Å²) in [6, 6.07) is 6.14. The summed E-state index contributed by atoms with van der Waals surface area (Å²) < 4.78 is 13.6. The Morgan fingerprint density at radius 2 is 2.06 bits per heavy atom. The highest BCUT2D eigenvalue weighted by Crippen LogP contribution is 2.36. The molecule has 0 amide bonds. The largest absolute Gasteiger partial charge is 0.508 e. The minimum absolute atomic E-state index is 0.0608. The van der Waals surface area contributed by atoms with Crippen molar-refractivity contribution in [3.63, 3.8) is 0 Å². The van der Waals surface area contributed by atoms with Crippen molar-refractivity contribution in [3.8, 4) is 11.4 Å². The maximum absolute atomic E-state index is 13.6. The van der Waals surface area contributed by atoms with Crippen LogP contribution in [0.5, 0.6) is 0 Å². The molecule has 2 atom stereocenters. The van der Waals surface area contributed by atoms with Crippen molar-refractivity contribution in [2.24, 2.45) is 5.92 Å². The van der Waals surface area contributed by atoms with E-state index in [-0.39, 0.29) is 23.5 Å². The van der Waals surface area contributed by atoms with Gasteiger partial charge in [-0.3, -0.25) is 5.10 Å². The number of nitrogens with zero attached hydrogens (tertiary/aromatic N) is 2. The van der Waals surface area contributed by atoms with Crippen LogP contribution in [0.2, 0.25) is 0 Å². The quantitative estimate of drug-likeness (QED) is 0.275. The molecule has 1 aromatic heterocycles. The lowest BCUT2D eigenvalue weighted by Gasteiger charge is -2.16. The number of H-pyrrole nitrogens is 1. The maximum Gasteiger partial charge on any atom is 0.181 e. The van der Waals surface area contributed by atoms with Gasteiger partial charge >= 0.3 is 0 Å². The predicted octanol–water partition coefficient (Wildman–Crippen LogP) is 6.79. The van der Waals surface area contributed by atoms with E-state index in [4.69, 9.17) is 5.11 Å². The lowest BCUT2D eigenvalue weighted by atomic mass is 9.93. The number of aliphatic hydroxyl groups excluding tert-OH is 1. The number of aryl methyl sites for hydroxylation is 1. The van der Waals surface area contributed by atoms with Crippen LogP contribution in [0.4, 0.5) is 10.1 Å². The van der Waals surface area contributed by atoms with Crippen molar-refractivity contribution in [1.29, 1.82) is 0 Å². The van der Waals surface area contributed by atoms with E-state index in [0.717, 1.165) is 28.2 Å². The van der Waals surface area contributed by atoms with Crippen LogP contribution in [0, 0.1) is 12.8 Å². The third-order valence-electron chi connectivity index (χ3n) is 4.92. The third-order valence-corrected chi connectivity index (χ3v) is 4.92. The second kappa shape index (κ2) is 12.6. The molecule has 3 rings (SSSR count). The van der Waals surface area contributed by atoms with Gasteiger partial charge in [-0.05, 0) is 81.2 Å². The Kier molecular flexibility index (Phi) is 9.82. The number of rotatable bonds is 7. The molecule has 2 unspecified atom stereocenters. The number of hydrogen-bond donors (Lipinski definition) is 4. The molecule has 33 heavy (non-hydrogen) atoms. The van der Waals surface area contributed by atoms with Crippen LogP contribution in [0.1, 0.15) is 51.5 Å². The Balaban J connectivity index is 0.000000365. The Bertz CT molecular complexity index is 1060. The van der Waals surface area contributed by atoms with Crippen molar-refractivity contribution in [2.75, 3.05) is 5.43 Å². The second-order valence-electron chi connectivity index (χ2n) is 7.90. The summed E-state index contributed by atoms with van der Waals surface area (Å²) in [7, 11) is 0. The molecule has 0 radical (unpaired) electrons. The fraction of sp³-hybridized carbons (Fsp3) is 0.308. The number of aromatic nitrogens is 3. The molecule has 0 fully saturated rings. The SMILES string of the molecule is C=C(C)/C=C\C(O)=C/C.CC/C=C(F)\C=C/C(C)C1NNc2ccc(-c3n[nH]c(C)n3)cc21. The van der Waals surface area contributed by atoms with Gasteiger partial charge in [-0.1, -0.05) is 38.2 Å². The fourth-order valence-electron chi connectivity index (χ4n) is 3.13. The number of aliphatic hydroxyl groups is 1. The van der Waals surface area contributed by atoms with Gasteiger partial charge in [0.25, 0.3) is 0 Å². The van der Waals surface area contributed by atoms with Gasteiger partial charge in [0.1, 0.15) is 17.4 Å². The van der Waals surface area contributed by atoms with Crippen LogP contribution in [0.3, 0.4) is 0 Å². The van der Waals surface area contributed by atoms with Crippen molar-refractivity contribution in [1.82, 2.24) is 20.6 Å². The highest BCUT2D eigenvalue weighted by Gasteiger charge is 2.26. The Morgan fingerprint density at radius 3 is 2.67 bits per heavy atom. The number of halogens is 1. The summed E-state index contributed by atoms with van der Waals surface area (Å²) >= 11 is 0. The van der Waals surface area contributed by atoms with Crippen LogP contribution in [-0.4, -0.2) is 20.3 Å². The van der Waals surface area contributed by atoms with E-state index in [0.29, 0.717) is 12.2 Å². The number of hydrazine groups is 1. The molecule has 2 aromatic rings. The summed E-state index contributed by atoms with van der Waals surface area (Å²) in [6.45, 7) is 13.1. The highest BCUT2D eigenvalue weighted by atomic mass is 19.1. The number of hydrogen-bond acceptors (Lipinski definition) is 5. The summed E-state index contributed by atoms with van der Waals surface area (Å²) in [5, 5.41) is 15.9.